The van der Waals surface area contributed by atoms with Gasteiger partial charge in [-0.05, 0) is 0 Å². The molecule has 0 spiro atoms. The van der Waals surface area contributed by atoms with Gasteiger partial charge in [-0.1, -0.05) is 11.4 Å². The third-order valence-electron chi connectivity index (χ3n) is 4.11. The van der Waals surface area contributed by atoms with Crippen LogP contribution in [0.1, 0.15) is 0 Å². The van der Waals surface area contributed by atoms with Crippen LogP contribution >= 0.6 is 0 Å². The summed E-state index contributed by atoms with van der Waals surface area (Å²) in [5, 5.41) is 0. The molecule has 5 rings (SSSR count). The molecule has 0 atom stereocenters. The molecule has 4 heteroatoms. The van der Waals surface area contributed by atoms with Crippen LogP contribution in [0.25, 0.3) is 0 Å². The average molecular weight is 440 g/mol. The van der Waals surface area contributed by atoms with Gasteiger partial charge >= 0.3 is 34.1 Å². The van der Waals surface area contributed by atoms with E-state index >= 15 is 0 Å². The van der Waals surface area contributed by atoms with Crippen LogP contribution in [0.5, 0.6) is 0 Å². The molecule has 142 valence electrons. The molecule has 2 nitrogen and oxygen atoms in total. The van der Waals surface area contributed by atoms with Gasteiger partial charge in [0.1, 0.15) is 0 Å². The molecule has 0 aromatic heterocycles. The van der Waals surface area contributed by atoms with Crippen LogP contribution in [-0.4, -0.2) is 19.8 Å². The molecule has 0 amide bonds. The van der Waals surface area contributed by atoms with E-state index in [0.29, 0.717) is 0 Å². The Balaban J connectivity index is 0.000000253. The molecule has 4 aromatic rings. The predicted octanol–water partition coefficient (Wildman–Crippen LogP) is 5.21. The minimum absolute atomic E-state index is 0. The first kappa shape index (κ1) is 23.1. The average Bonchev–Trinajstić information content (AvgIpc) is 3.51. The molecule has 1 fully saturated rings. The summed E-state index contributed by atoms with van der Waals surface area (Å²) in [6.07, 6.45) is 0. The fraction of sp³-hybridized carbons (Fsp3) is 0.130. The molecular weight excluding hydrogens is 416 g/mol. The molecule has 1 aliphatic heterocycles. The third kappa shape index (κ3) is 7.66. The Morgan fingerprint density at radius 3 is 1.22 bits per heavy atom. The molecule has 0 radical (unpaired) electrons. The summed E-state index contributed by atoms with van der Waals surface area (Å²) >= 11 is 0. The van der Waals surface area contributed by atoms with E-state index in [-0.39, 0.29) is 34.1 Å². The van der Waals surface area contributed by atoms with E-state index in [1.807, 2.05) is 60.7 Å². The maximum Gasteiger partial charge on any atom is 2.00 e. The second kappa shape index (κ2) is 13.2. The van der Waals surface area contributed by atoms with E-state index in [4.69, 9.17) is 0 Å². The zero-order chi connectivity index (χ0) is 17.2. The van der Waals surface area contributed by atoms with Crippen molar-refractivity contribution in [1.82, 2.24) is 0 Å². The Morgan fingerprint density at radius 1 is 0.556 bits per heavy atom. The van der Waals surface area contributed by atoms with Gasteiger partial charge in [-0.3, -0.25) is 0 Å². The van der Waals surface area contributed by atoms with Gasteiger partial charge in [0, 0.05) is 13.1 Å². The van der Waals surface area contributed by atoms with Gasteiger partial charge in [-0.2, -0.15) is 60.7 Å². The van der Waals surface area contributed by atoms with Gasteiger partial charge in [0.05, 0.1) is 6.67 Å². The van der Waals surface area contributed by atoms with Crippen molar-refractivity contribution in [3.8, 4) is 0 Å². The van der Waals surface area contributed by atoms with E-state index < -0.39 is 0 Å². The zero-order valence-electron chi connectivity index (χ0n) is 15.1. The van der Waals surface area contributed by atoms with Crippen LogP contribution in [0, 0.1) is 0 Å². The van der Waals surface area contributed by atoms with Crippen molar-refractivity contribution >= 4 is 11.4 Å². The molecule has 0 N–H and O–H groups in total. The van der Waals surface area contributed by atoms with Crippen LogP contribution in [0.4, 0.5) is 11.4 Å². The van der Waals surface area contributed by atoms with Crippen molar-refractivity contribution in [3.05, 3.63) is 109 Å². The van der Waals surface area contributed by atoms with E-state index in [1.165, 1.54) is 11.4 Å². The molecule has 1 saturated heterocycles. The summed E-state index contributed by atoms with van der Waals surface area (Å²) in [5.74, 6) is 0. The first-order chi connectivity index (χ1) is 12.4. The summed E-state index contributed by atoms with van der Waals surface area (Å²) < 4.78 is 0. The van der Waals surface area contributed by atoms with Gasteiger partial charge in [-0.25, -0.2) is 36.4 Å². The van der Waals surface area contributed by atoms with Crippen molar-refractivity contribution in [2.24, 2.45) is 0 Å². The Kier molecular flexibility index (Phi) is 11.3. The summed E-state index contributed by atoms with van der Waals surface area (Å²) in [4.78, 5) is 4.82. The van der Waals surface area contributed by atoms with Gasteiger partial charge in [0.15, 0.2) is 0 Å². The van der Waals surface area contributed by atoms with E-state index in [9.17, 15) is 0 Å². The van der Waals surface area contributed by atoms with Gasteiger partial charge < -0.3 is 9.80 Å². The number of hydrogen-bond donors (Lipinski definition) is 0. The second-order valence-corrected chi connectivity index (χ2v) is 5.88. The van der Waals surface area contributed by atoms with E-state index in [2.05, 4.69) is 58.3 Å². The molecule has 0 unspecified atom stereocenters. The maximum atomic E-state index is 2.41. The number of rotatable bonds is 2. The first-order valence-electron chi connectivity index (χ1n) is 8.70. The standard InChI is InChI=1S/C13H14N2.2C5H5.2Fe/c1-2-6-12(5-1)14-9-10-15(11-14)13-7-3-4-8-13;2*1-2-4-5-3-1;;/h1-8H,9-11H2;2*1-5H;;/q-2;2*-1;2*+2. The number of anilines is 2. The predicted molar refractivity (Wildman–Crippen MR) is 108 cm³/mol. The SMILES string of the molecule is [Fe+2].[Fe+2].c1c[cH-]c(N2CCN(c3ccc[cH-]3)C2)c1.c1cc[cH-]c1.c1cc[cH-]c1. The minimum atomic E-state index is 0. The number of nitrogens with zero attached hydrogens (tertiary/aromatic N) is 2. The summed E-state index contributed by atoms with van der Waals surface area (Å²) in [6, 6.07) is 37.1. The van der Waals surface area contributed by atoms with Crippen LogP contribution < -0.4 is 9.80 Å². The van der Waals surface area contributed by atoms with Crippen molar-refractivity contribution in [3.63, 3.8) is 0 Å². The molecule has 0 saturated carbocycles. The van der Waals surface area contributed by atoms with Gasteiger partial charge in [0.2, 0.25) is 0 Å². The minimum Gasteiger partial charge on any atom is -0.375 e. The Labute approximate surface area is 183 Å². The van der Waals surface area contributed by atoms with Crippen LogP contribution in [0.3, 0.4) is 0 Å². The maximum absolute atomic E-state index is 2.41. The topological polar surface area (TPSA) is 6.48 Å². The van der Waals surface area contributed by atoms with Crippen molar-refractivity contribution in [2.45, 2.75) is 0 Å². The van der Waals surface area contributed by atoms with E-state index in [0.717, 1.165) is 19.8 Å². The molecule has 1 aliphatic rings. The summed E-state index contributed by atoms with van der Waals surface area (Å²) in [6.45, 7) is 3.25. The van der Waals surface area contributed by atoms with Crippen molar-refractivity contribution < 1.29 is 34.1 Å². The second-order valence-electron chi connectivity index (χ2n) is 5.88. The quantitative estimate of drug-likeness (QED) is 0.312. The van der Waals surface area contributed by atoms with Gasteiger partial charge in [0.25, 0.3) is 0 Å². The van der Waals surface area contributed by atoms with Gasteiger partial charge in [-0.15, -0.1) is 12.1 Å². The Bertz CT molecular complexity index is 641. The van der Waals surface area contributed by atoms with Crippen LogP contribution in [-0.2, 0) is 34.1 Å². The molecule has 0 bridgehead atoms. The molecule has 1 heterocycles. The molecule has 27 heavy (non-hydrogen) atoms. The Morgan fingerprint density at radius 2 is 0.963 bits per heavy atom. The third-order valence-corrected chi connectivity index (χ3v) is 4.11. The van der Waals surface area contributed by atoms with Crippen molar-refractivity contribution in [2.75, 3.05) is 29.6 Å². The molecule has 4 aromatic carbocycles. The monoisotopic (exact) mass is 440 g/mol. The summed E-state index contributed by atoms with van der Waals surface area (Å²) in [7, 11) is 0. The molecule has 0 aliphatic carbocycles. The Hall–Kier alpha value is -1.96. The molecular formula is C23H24Fe2N2. The largest absolute Gasteiger partial charge is 2.00 e. The first-order valence-corrected chi connectivity index (χ1v) is 8.70. The van der Waals surface area contributed by atoms with Crippen molar-refractivity contribution in [1.29, 1.82) is 0 Å². The summed E-state index contributed by atoms with van der Waals surface area (Å²) in [5.41, 5.74) is 2.67. The van der Waals surface area contributed by atoms with Crippen LogP contribution in [0.15, 0.2) is 109 Å². The fourth-order valence-corrected chi connectivity index (χ4v) is 2.80. The number of hydrogen-bond acceptors (Lipinski definition) is 2. The smallest absolute Gasteiger partial charge is 0.375 e. The van der Waals surface area contributed by atoms with Crippen LogP contribution in [0.2, 0.25) is 0 Å². The zero-order valence-corrected chi connectivity index (χ0v) is 17.3. The van der Waals surface area contributed by atoms with E-state index in [1.54, 1.807) is 0 Å². The fourth-order valence-electron chi connectivity index (χ4n) is 2.80. The normalized spacial score (nSPS) is 12.0.